The number of para-hydroxylation sites is 1. The van der Waals surface area contributed by atoms with Crippen LogP contribution in [0.15, 0.2) is 24.3 Å². The minimum Gasteiger partial charge on any atom is -0.464 e. The molecule has 1 aliphatic rings. The Kier molecular flexibility index (Phi) is 4.43. The van der Waals surface area contributed by atoms with Crippen LogP contribution in [0.1, 0.15) is 38.4 Å². The Balaban J connectivity index is 2.30. The van der Waals surface area contributed by atoms with Gasteiger partial charge in [0.15, 0.2) is 0 Å². The van der Waals surface area contributed by atoms with Crippen molar-refractivity contribution >= 4 is 11.7 Å². The lowest BCUT2D eigenvalue weighted by molar-refractivity contribution is -0.144. The topological polar surface area (TPSA) is 49.8 Å². The third-order valence-corrected chi connectivity index (χ3v) is 3.58. The van der Waals surface area contributed by atoms with Gasteiger partial charge in [-0.25, -0.2) is 4.79 Å². The number of hydrogen-bond acceptors (Lipinski definition) is 4. The summed E-state index contributed by atoms with van der Waals surface area (Å²) in [5.74, 6) is -0.214. The number of aliphatic hydroxyl groups excluding tert-OH is 1. The lowest BCUT2D eigenvalue weighted by Gasteiger charge is -2.30. The summed E-state index contributed by atoms with van der Waals surface area (Å²) in [7, 11) is 0. The van der Waals surface area contributed by atoms with Gasteiger partial charge in [-0.05, 0) is 32.8 Å². The van der Waals surface area contributed by atoms with Gasteiger partial charge in [0, 0.05) is 17.8 Å². The van der Waals surface area contributed by atoms with Crippen LogP contribution in [0.25, 0.3) is 0 Å². The molecule has 1 heterocycles. The first-order chi connectivity index (χ1) is 9.15. The molecule has 0 aliphatic carbocycles. The summed E-state index contributed by atoms with van der Waals surface area (Å²) in [6.45, 7) is 4.81. The van der Waals surface area contributed by atoms with Gasteiger partial charge in [-0.15, -0.1) is 0 Å². The Morgan fingerprint density at radius 1 is 1.53 bits per heavy atom. The van der Waals surface area contributed by atoms with Crippen LogP contribution in [0.4, 0.5) is 5.69 Å². The van der Waals surface area contributed by atoms with E-state index in [1.165, 1.54) is 0 Å². The first-order valence-electron chi connectivity index (χ1n) is 6.85. The van der Waals surface area contributed by atoms with Gasteiger partial charge in [-0.2, -0.15) is 0 Å². The highest BCUT2D eigenvalue weighted by molar-refractivity contribution is 5.80. The average molecular weight is 263 g/mol. The largest absolute Gasteiger partial charge is 0.464 e. The summed E-state index contributed by atoms with van der Waals surface area (Å²) in [5, 5.41) is 10.1. The van der Waals surface area contributed by atoms with Gasteiger partial charge in [0.1, 0.15) is 6.04 Å². The van der Waals surface area contributed by atoms with Crippen molar-refractivity contribution in [3.05, 3.63) is 29.8 Å². The molecule has 104 valence electrons. The van der Waals surface area contributed by atoms with E-state index in [1.807, 2.05) is 43.0 Å². The molecule has 0 fully saturated rings. The normalized spacial score (nSPS) is 20.4. The van der Waals surface area contributed by atoms with Gasteiger partial charge < -0.3 is 14.7 Å². The molecule has 1 aromatic rings. The molecule has 0 saturated carbocycles. The van der Waals surface area contributed by atoms with Gasteiger partial charge in [-0.1, -0.05) is 18.2 Å². The summed E-state index contributed by atoms with van der Waals surface area (Å²) in [4.78, 5) is 14.0. The molecule has 2 unspecified atom stereocenters. The van der Waals surface area contributed by atoms with Gasteiger partial charge >= 0.3 is 5.97 Å². The monoisotopic (exact) mass is 263 g/mol. The van der Waals surface area contributed by atoms with Crippen LogP contribution in [-0.2, 0) is 9.53 Å². The highest BCUT2D eigenvalue weighted by Crippen LogP contribution is 2.33. The fraction of sp³-hybridized carbons (Fsp3) is 0.533. The molecular weight excluding hydrogens is 242 g/mol. The van der Waals surface area contributed by atoms with E-state index in [9.17, 15) is 9.90 Å². The van der Waals surface area contributed by atoms with Crippen molar-refractivity contribution in [1.29, 1.82) is 0 Å². The minimum absolute atomic E-state index is 0.214. The number of nitrogens with zero attached hydrogens (tertiary/aromatic N) is 1. The molecule has 0 spiro atoms. The van der Waals surface area contributed by atoms with Crippen LogP contribution in [0.5, 0.6) is 0 Å². The minimum atomic E-state index is -0.449. The second-order valence-corrected chi connectivity index (χ2v) is 4.84. The first-order valence-corrected chi connectivity index (χ1v) is 6.85. The Bertz CT molecular complexity index is 447. The Hall–Kier alpha value is -1.55. The molecule has 0 aromatic heterocycles. The van der Waals surface area contributed by atoms with E-state index in [0.29, 0.717) is 6.61 Å². The number of carbonyl (C=O) groups is 1. The Morgan fingerprint density at radius 2 is 2.26 bits per heavy atom. The second kappa shape index (κ2) is 6.06. The van der Waals surface area contributed by atoms with E-state index in [-0.39, 0.29) is 12.0 Å². The summed E-state index contributed by atoms with van der Waals surface area (Å²) in [5.41, 5.74) is 1.84. The lowest BCUT2D eigenvalue weighted by Crippen LogP contribution is -2.40. The molecular formula is C15H21NO3. The van der Waals surface area contributed by atoms with Crippen LogP contribution in [0.2, 0.25) is 0 Å². The number of carbonyl (C=O) groups excluding carboxylic acids is 1. The predicted octanol–water partition coefficient (Wildman–Crippen LogP) is 2.27. The van der Waals surface area contributed by atoms with E-state index < -0.39 is 6.10 Å². The van der Waals surface area contributed by atoms with Crippen molar-refractivity contribution in [3.8, 4) is 0 Å². The zero-order valence-electron chi connectivity index (χ0n) is 11.5. The Morgan fingerprint density at radius 3 is 3.00 bits per heavy atom. The van der Waals surface area contributed by atoms with Crippen molar-refractivity contribution in [1.82, 2.24) is 0 Å². The molecule has 1 aromatic carbocycles. The quantitative estimate of drug-likeness (QED) is 0.850. The fourth-order valence-corrected chi connectivity index (χ4v) is 2.55. The molecule has 0 radical (unpaired) electrons. The molecule has 19 heavy (non-hydrogen) atoms. The van der Waals surface area contributed by atoms with Crippen LogP contribution in [-0.4, -0.2) is 30.3 Å². The number of anilines is 1. The van der Waals surface area contributed by atoms with Crippen LogP contribution in [0.3, 0.4) is 0 Å². The summed E-state index contributed by atoms with van der Waals surface area (Å²) in [6, 6.07) is 7.41. The van der Waals surface area contributed by atoms with E-state index in [0.717, 1.165) is 30.6 Å². The van der Waals surface area contributed by atoms with E-state index >= 15 is 0 Å². The molecule has 2 atom stereocenters. The average Bonchev–Trinajstić information content (AvgIpc) is 2.58. The van der Waals surface area contributed by atoms with Gasteiger partial charge in [0.2, 0.25) is 0 Å². The molecule has 4 heteroatoms. The van der Waals surface area contributed by atoms with Crippen LogP contribution in [0, 0.1) is 0 Å². The molecule has 0 bridgehead atoms. The lowest BCUT2D eigenvalue weighted by atomic mass is 10.0. The number of rotatable bonds is 3. The summed E-state index contributed by atoms with van der Waals surface area (Å²) in [6.07, 6.45) is 1.14. The third kappa shape index (κ3) is 2.89. The van der Waals surface area contributed by atoms with Gasteiger partial charge in [0.25, 0.3) is 0 Å². The SMILES string of the molecule is CCOC(=O)C(C)N1CCCC(O)c2ccccc21. The number of aliphatic hydroxyl groups is 1. The maximum atomic E-state index is 11.9. The molecule has 2 rings (SSSR count). The predicted molar refractivity (Wildman–Crippen MR) is 74.1 cm³/mol. The number of fused-ring (bicyclic) bond motifs is 1. The highest BCUT2D eigenvalue weighted by atomic mass is 16.5. The highest BCUT2D eigenvalue weighted by Gasteiger charge is 2.28. The maximum absolute atomic E-state index is 11.9. The van der Waals surface area contributed by atoms with E-state index in [1.54, 1.807) is 0 Å². The number of hydrogen-bond donors (Lipinski definition) is 1. The standard InChI is InChI=1S/C15H21NO3/c1-3-19-15(18)11(2)16-10-6-9-14(17)12-7-4-5-8-13(12)16/h4-5,7-8,11,14,17H,3,6,9-10H2,1-2H3. The number of ether oxygens (including phenoxy) is 1. The molecule has 0 saturated heterocycles. The van der Waals surface area contributed by atoms with E-state index in [2.05, 4.69) is 0 Å². The van der Waals surface area contributed by atoms with Crippen molar-refractivity contribution in [2.75, 3.05) is 18.1 Å². The van der Waals surface area contributed by atoms with Gasteiger partial charge in [-0.3, -0.25) is 0 Å². The van der Waals surface area contributed by atoms with Crippen molar-refractivity contribution < 1.29 is 14.6 Å². The maximum Gasteiger partial charge on any atom is 0.328 e. The summed E-state index contributed by atoms with van der Waals surface area (Å²) < 4.78 is 5.10. The van der Waals surface area contributed by atoms with Gasteiger partial charge in [0.05, 0.1) is 12.7 Å². The number of esters is 1. The number of benzene rings is 1. The summed E-state index contributed by atoms with van der Waals surface area (Å²) >= 11 is 0. The fourth-order valence-electron chi connectivity index (χ4n) is 2.55. The smallest absolute Gasteiger partial charge is 0.328 e. The first kappa shape index (κ1) is 13.9. The van der Waals surface area contributed by atoms with E-state index in [4.69, 9.17) is 4.74 Å². The Labute approximate surface area is 114 Å². The van der Waals surface area contributed by atoms with Crippen LogP contribution >= 0.6 is 0 Å². The van der Waals surface area contributed by atoms with Crippen molar-refractivity contribution in [3.63, 3.8) is 0 Å². The molecule has 1 N–H and O–H groups in total. The second-order valence-electron chi connectivity index (χ2n) is 4.84. The third-order valence-electron chi connectivity index (χ3n) is 3.58. The zero-order chi connectivity index (χ0) is 13.8. The molecule has 1 aliphatic heterocycles. The van der Waals surface area contributed by atoms with Crippen molar-refractivity contribution in [2.45, 2.75) is 38.8 Å². The zero-order valence-corrected chi connectivity index (χ0v) is 11.5. The van der Waals surface area contributed by atoms with Crippen LogP contribution < -0.4 is 4.90 Å². The molecule has 0 amide bonds. The molecule has 4 nitrogen and oxygen atoms in total. The van der Waals surface area contributed by atoms with Crippen molar-refractivity contribution in [2.24, 2.45) is 0 Å².